The molecule has 1 fully saturated rings. The van der Waals surface area contributed by atoms with E-state index >= 15 is 0 Å². The second-order valence-corrected chi connectivity index (χ2v) is 12.2. The number of aliphatic hydroxyl groups excluding tert-OH is 2. The molecule has 1 saturated carbocycles. The fourth-order valence-electron chi connectivity index (χ4n) is 6.27. The SMILES string of the molecule is CN(C)CC(=O)NCc1ccc(-c2ccc(O)c3c2C[C@@]2(S)C[C@H]4CC(=O)C(C(N)=O)=C(O)[C@@]4(O)C(=O)C2=C3O)cc1. The van der Waals surface area contributed by atoms with Crippen molar-refractivity contribution in [2.45, 2.75) is 36.2 Å². The molecule has 0 bridgehead atoms. The molecule has 0 spiro atoms. The number of nitrogens with two attached hydrogens (primary N) is 1. The minimum atomic E-state index is -2.67. The first-order chi connectivity index (χ1) is 19.7. The van der Waals surface area contributed by atoms with Crippen LogP contribution in [-0.2, 0) is 32.1 Å². The number of benzene rings is 2. The summed E-state index contributed by atoms with van der Waals surface area (Å²) in [7, 11) is 3.60. The van der Waals surface area contributed by atoms with Crippen molar-refractivity contribution >= 4 is 41.8 Å². The first kappa shape index (κ1) is 29.4. The van der Waals surface area contributed by atoms with Crippen molar-refractivity contribution in [3.8, 4) is 16.9 Å². The van der Waals surface area contributed by atoms with Gasteiger partial charge in [0.25, 0.3) is 5.91 Å². The average molecular weight is 594 g/mol. The molecule has 0 heterocycles. The van der Waals surface area contributed by atoms with Gasteiger partial charge in [-0.1, -0.05) is 30.3 Å². The van der Waals surface area contributed by atoms with E-state index in [-0.39, 0.29) is 42.2 Å². The van der Waals surface area contributed by atoms with E-state index in [4.69, 9.17) is 18.4 Å². The predicted molar refractivity (Wildman–Crippen MR) is 155 cm³/mol. The largest absolute Gasteiger partial charge is 0.508 e. The lowest BCUT2D eigenvalue weighted by atomic mass is 9.58. The molecule has 0 aliphatic heterocycles. The Morgan fingerprint density at radius 1 is 1.10 bits per heavy atom. The van der Waals surface area contributed by atoms with Crippen LogP contribution in [-0.4, -0.2) is 79.7 Å². The zero-order valence-corrected chi connectivity index (χ0v) is 23.9. The van der Waals surface area contributed by atoms with E-state index in [9.17, 15) is 39.6 Å². The third kappa shape index (κ3) is 4.55. The second-order valence-electron chi connectivity index (χ2n) is 11.3. The Balaban J connectivity index is 1.55. The molecule has 0 saturated heterocycles. The summed E-state index contributed by atoms with van der Waals surface area (Å²) in [6.07, 6.45) is -0.510. The van der Waals surface area contributed by atoms with E-state index in [1.54, 1.807) is 25.1 Å². The summed E-state index contributed by atoms with van der Waals surface area (Å²) in [5, 5.41) is 47.3. The number of nitrogens with zero attached hydrogens (tertiary/aromatic N) is 1. The summed E-state index contributed by atoms with van der Waals surface area (Å²) in [6, 6.07) is 10.4. The zero-order valence-electron chi connectivity index (χ0n) is 23.0. The number of amides is 2. The molecule has 0 aromatic heterocycles. The molecule has 12 heteroatoms. The minimum absolute atomic E-state index is 0.0203. The van der Waals surface area contributed by atoms with Gasteiger partial charge < -0.3 is 36.4 Å². The van der Waals surface area contributed by atoms with E-state index in [1.807, 2.05) is 24.3 Å². The molecule has 3 aliphatic rings. The predicted octanol–water partition coefficient (Wildman–Crippen LogP) is 1.32. The Hall–Kier alpha value is -4.13. The normalized spacial score (nSPS) is 25.2. The van der Waals surface area contributed by atoms with Gasteiger partial charge in [-0.05, 0) is 55.3 Å². The number of rotatable bonds is 6. The molecule has 2 aromatic rings. The minimum Gasteiger partial charge on any atom is -0.508 e. The number of thiol groups is 1. The van der Waals surface area contributed by atoms with Crippen LogP contribution in [0.4, 0.5) is 0 Å². The van der Waals surface area contributed by atoms with Crippen LogP contribution in [0.5, 0.6) is 5.75 Å². The van der Waals surface area contributed by atoms with E-state index < -0.39 is 57.3 Å². The van der Waals surface area contributed by atoms with Crippen molar-refractivity contribution < 1.29 is 39.6 Å². The molecule has 220 valence electrons. The number of carbonyl (C=O) groups is 4. The monoisotopic (exact) mass is 593 g/mol. The lowest BCUT2D eigenvalue weighted by molar-refractivity contribution is -0.146. The fourth-order valence-corrected chi connectivity index (χ4v) is 6.86. The Morgan fingerprint density at radius 3 is 2.38 bits per heavy atom. The summed E-state index contributed by atoms with van der Waals surface area (Å²) in [5.74, 6) is -6.53. The van der Waals surface area contributed by atoms with Crippen molar-refractivity contribution in [1.29, 1.82) is 0 Å². The van der Waals surface area contributed by atoms with Crippen LogP contribution in [0.3, 0.4) is 0 Å². The average Bonchev–Trinajstić information content (AvgIpc) is 2.89. The van der Waals surface area contributed by atoms with Crippen LogP contribution in [0.2, 0.25) is 0 Å². The summed E-state index contributed by atoms with van der Waals surface area (Å²) >= 11 is 4.80. The topological polar surface area (TPSA) is 190 Å². The molecule has 3 atom stereocenters. The van der Waals surface area contributed by atoms with Crippen LogP contribution in [0.1, 0.15) is 29.5 Å². The van der Waals surface area contributed by atoms with E-state index in [0.717, 1.165) is 11.1 Å². The quantitative estimate of drug-likeness (QED) is 0.191. The maximum absolute atomic E-state index is 13.8. The van der Waals surface area contributed by atoms with Crippen molar-refractivity contribution in [3.05, 3.63) is 70.0 Å². The number of Topliss-reactive ketones (excluding diaryl/α,β-unsaturated/α-hetero) is 2. The Bertz CT molecular complexity index is 1610. The molecule has 0 radical (unpaired) electrons. The molecule has 11 nitrogen and oxygen atoms in total. The molecule has 2 amide bonds. The maximum Gasteiger partial charge on any atom is 0.255 e. The van der Waals surface area contributed by atoms with Gasteiger partial charge in [0.15, 0.2) is 11.4 Å². The number of hydrogen-bond acceptors (Lipinski definition) is 10. The third-order valence-electron chi connectivity index (χ3n) is 8.22. The van der Waals surface area contributed by atoms with Gasteiger partial charge in [0.1, 0.15) is 22.8 Å². The van der Waals surface area contributed by atoms with Crippen molar-refractivity contribution in [1.82, 2.24) is 10.2 Å². The van der Waals surface area contributed by atoms with Gasteiger partial charge in [-0.3, -0.25) is 19.2 Å². The summed E-state index contributed by atoms with van der Waals surface area (Å²) in [6.45, 7) is 0.594. The summed E-state index contributed by atoms with van der Waals surface area (Å²) < 4.78 is -1.38. The highest BCUT2D eigenvalue weighted by molar-refractivity contribution is 7.82. The number of carbonyl (C=O) groups excluding carboxylic acids is 4. The van der Waals surface area contributed by atoms with Gasteiger partial charge in [-0.2, -0.15) is 12.6 Å². The molecule has 42 heavy (non-hydrogen) atoms. The molecule has 2 aromatic carbocycles. The number of phenols is 1. The van der Waals surface area contributed by atoms with Crippen molar-refractivity contribution in [2.24, 2.45) is 11.7 Å². The maximum atomic E-state index is 13.8. The fraction of sp³-hybridized carbons (Fsp3) is 0.333. The summed E-state index contributed by atoms with van der Waals surface area (Å²) in [4.78, 5) is 52.0. The highest BCUT2D eigenvalue weighted by Gasteiger charge is 2.64. The van der Waals surface area contributed by atoms with Gasteiger partial charge >= 0.3 is 0 Å². The van der Waals surface area contributed by atoms with Gasteiger partial charge in [0, 0.05) is 23.6 Å². The lowest BCUT2D eigenvalue weighted by Gasteiger charge is -2.50. The number of aliphatic hydroxyl groups is 3. The molecule has 0 unspecified atom stereocenters. The number of likely N-dealkylation sites (N-methyl/N-ethyl adjacent to an activating group) is 1. The van der Waals surface area contributed by atoms with Crippen LogP contribution >= 0.6 is 12.6 Å². The van der Waals surface area contributed by atoms with Crippen LogP contribution in [0.25, 0.3) is 16.9 Å². The standard InChI is InChI=1S/C30H31N3O8S/c1-33(2)13-21(36)32-12-14-3-5-15(6-4-14)17-7-8-19(34)22-18(17)11-29(42)10-16-9-20(35)23(28(31)40)26(38)30(16,41)27(39)24(29)25(22)37/h3-8,16,34,37-38,41-42H,9-13H2,1-2H3,(H2,31,40)(H,32,36)/t16-,29+,30-/m1/s1. The lowest BCUT2D eigenvalue weighted by Crippen LogP contribution is -2.61. The molecular weight excluding hydrogens is 562 g/mol. The van der Waals surface area contributed by atoms with E-state index in [0.29, 0.717) is 17.7 Å². The number of aromatic hydroxyl groups is 1. The first-order valence-electron chi connectivity index (χ1n) is 13.2. The Kier molecular flexibility index (Phi) is 7.20. The Labute approximate surface area is 246 Å². The van der Waals surface area contributed by atoms with E-state index in [2.05, 4.69) is 5.32 Å². The number of phenolic OH excluding ortho intramolecular Hbond substituents is 1. The van der Waals surface area contributed by atoms with Crippen LogP contribution in [0, 0.1) is 5.92 Å². The molecule has 5 rings (SSSR count). The zero-order chi connectivity index (χ0) is 30.7. The highest BCUT2D eigenvalue weighted by atomic mass is 32.1. The molecule has 7 N–H and O–H groups in total. The number of fused-ring (bicyclic) bond motifs is 3. The van der Waals surface area contributed by atoms with Gasteiger partial charge in [-0.25, -0.2) is 0 Å². The first-order valence-corrected chi connectivity index (χ1v) is 13.7. The second kappa shape index (κ2) is 10.3. The molecular formula is C30H31N3O8S. The third-order valence-corrected chi connectivity index (χ3v) is 8.78. The van der Waals surface area contributed by atoms with Crippen LogP contribution in [0.15, 0.2) is 53.3 Å². The number of nitrogens with one attached hydrogen (secondary N) is 1. The number of hydrogen-bond donors (Lipinski definition) is 7. The highest BCUT2D eigenvalue weighted by Crippen LogP contribution is 2.56. The number of ketones is 2. The molecule has 3 aliphatic carbocycles. The van der Waals surface area contributed by atoms with Crippen LogP contribution < -0.4 is 11.1 Å². The van der Waals surface area contributed by atoms with Gasteiger partial charge in [0.2, 0.25) is 11.7 Å². The Morgan fingerprint density at radius 2 is 1.76 bits per heavy atom. The van der Waals surface area contributed by atoms with Gasteiger partial charge in [-0.15, -0.1) is 0 Å². The van der Waals surface area contributed by atoms with Crippen molar-refractivity contribution in [3.63, 3.8) is 0 Å². The smallest absolute Gasteiger partial charge is 0.255 e. The van der Waals surface area contributed by atoms with E-state index in [1.165, 1.54) is 6.07 Å². The van der Waals surface area contributed by atoms with Gasteiger partial charge in [0.05, 0.1) is 17.7 Å². The van der Waals surface area contributed by atoms with Crippen molar-refractivity contribution in [2.75, 3.05) is 20.6 Å². The number of primary amides is 1. The summed E-state index contributed by atoms with van der Waals surface area (Å²) in [5.41, 5.74) is 4.11.